The number of piperidine rings is 1. The summed E-state index contributed by atoms with van der Waals surface area (Å²) in [5.74, 6) is -0.433. The number of hydrogen-bond acceptors (Lipinski definition) is 5. The van der Waals surface area contributed by atoms with Crippen molar-refractivity contribution < 1.29 is 18.0 Å². The van der Waals surface area contributed by atoms with E-state index in [0.717, 1.165) is 25.7 Å². The molecule has 7 nitrogen and oxygen atoms in total. The summed E-state index contributed by atoms with van der Waals surface area (Å²) < 4.78 is 27.8. The van der Waals surface area contributed by atoms with Gasteiger partial charge in [0.05, 0.1) is 10.3 Å². The number of nitrogens with zero attached hydrogens (tertiary/aromatic N) is 2. The Morgan fingerprint density at radius 3 is 2.59 bits per heavy atom. The van der Waals surface area contributed by atoms with Gasteiger partial charge in [-0.1, -0.05) is 12.5 Å². The van der Waals surface area contributed by atoms with Crippen LogP contribution in [0.3, 0.4) is 0 Å². The first kappa shape index (κ1) is 22.9. The van der Waals surface area contributed by atoms with Gasteiger partial charge in [-0.15, -0.1) is 11.3 Å². The van der Waals surface area contributed by atoms with E-state index in [-0.39, 0.29) is 23.3 Å². The summed E-state index contributed by atoms with van der Waals surface area (Å²) in [5, 5.41) is 4.88. The fourth-order valence-electron chi connectivity index (χ4n) is 4.36. The third kappa shape index (κ3) is 4.33. The molecule has 2 amide bonds. The molecule has 0 saturated carbocycles. The van der Waals surface area contributed by atoms with Crippen LogP contribution in [-0.4, -0.2) is 50.7 Å². The molecule has 3 heterocycles. The molecule has 0 bridgehead atoms. The number of carbonyl (C=O) groups is 2. The molecule has 2 aromatic rings. The van der Waals surface area contributed by atoms with E-state index in [9.17, 15) is 18.0 Å². The molecular formula is C23H29N3O4S2. The zero-order chi connectivity index (χ0) is 22.9. The Hall–Kier alpha value is -2.23. The number of nitrogens with one attached hydrogen (secondary N) is 1. The van der Waals surface area contributed by atoms with Crippen molar-refractivity contribution in [3.8, 4) is 0 Å². The number of anilines is 1. The van der Waals surface area contributed by atoms with Crippen LogP contribution >= 0.6 is 11.3 Å². The van der Waals surface area contributed by atoms with Gasteiger partial charge in [-0.2, -0.15) is 4.31 Å². The summed E-state index contributed by atoms with van der Waals surface area (Å²) in [6.45, 7) is 5.03. The molecule has 2 aliphatic heterocycles. The fourth-order valence-corrected chi connectivity index (χ4v) is 6.62. The Balaban J connectivity index is 1.51. The van der Waals surface area contributed by atoms with Crippen LogP contribution < -0.4 is 10.2 Å². The molecule has 9 heteroatoms. The Bertz CT molecular complexity index is 1100. The number of hydrogen-bond donors (Lipinski definition) is 1. The maximum atomic E-state index is 13.1. The summed E-state index contributed by atoms with van der Waals surface area (Å²) in [6, 6.07) is 8.83. The van der Waals surface area contributed by atoms with E-state index < -0.39 is 15.4 Å². The molecule has 1 N–H and O–H groups in total. The van der Waals surface area contributed by atoms with E-state index in [1.807, 2.05) is 17.5 Å². The molecule has 1 fully saturated rings. The molecule has 172 valence electrons. The van der Waals surface area contributed by atoms with Gasteiger partial charge in [-0.25, -0.2) is 8.42 Å². The van der Waals surface area contributed by atoms with E-state index in [1.54, 1.807) is 43.4 Å². The predicted octanol–water partition coefficient (Wildman–Crippen LogP) is 2.91. The average Bonchev–Trinajstić information content (AvgIpc) is 3.36. The molecular weight excluding hydrogens is 446 g/mol. The van der Waals surface area contributed by atoms with Crippen LogP contribution in [0.2, 0.25) is 0 Å². The molecule has 0 spiro atoms. The Kier molecular flexibility index (Phi) is 6.42. The zero-order valence-electron chi connectivity index (χ0n) is 18.5. The number of rotatable bonds is 7. The molecule has 0 aliphatic carbocycles. The first-order valence-electron chi connectivity index (χ1n) is 11.0. The van der Waals surface area contributed by atoms with Gasteiger partial charge in [0.25, 0.3) is 0 Å². The molecule has 32 heavy (non-hydrogen) atoms. The van der Waals surface area contributed by atoms with Gasteiger partial charge in [0.15, 0.2) is 0 Å². The Morgan fingerprint density at radius 2 is 1.91 bits per heavy atom. The van der Waals surface area contributed by atoms with E-state index >= 15 is 0 Å². The summed E-state index contributed by atoms with van der Waals surface area (Å²) in [5.41, 5.74) is 0.345. The second-order valence-corrected chi connectivity index (χ2v) is 11.8. The summed E-state index contributed by atoms with van der Waals surface area (Å²) in [6.07, 6.45) is 3.52. The standard InChI is InChI=1S/C23H29N3O4S2/c1-23(2)19-15-18(32(29,30)25-12-4-3-5-13-25)8-9-20(19)26(22(23)28)16-21(27)24-11-10-17-7-6-14-31-17/h6-9,14-15H,3-5,10-13,16H2,1-2H3,(H,24,27). The summed E-state index contributed by atoms with van der Waals surface area (Å²) in [4.78, 5) is 28.5. The molecule has 1 saturated heterocycles. The number of fused-ring (bicyclic) bond motifs is 1. The van der Waals surface area contributed by atoms with E-state index in [4.69, 9.17) is 0 Å². The molecule has 0 radical (unpaired) electrons. The maximum absolute atomic E-state index is 13.1. The third-order valence-electron chi connectivity index (χ3n) is 6.24. The van der Waals surface area contributed by atoms with Gasteiger partial charge in [0.1, 0.15) is 6.54 Å². The maximum Gasteiger partial charge on any atom is 0.243 e. The normalized spacial score (nSPS) is 18.6. The molecule has 1 aromatic heterocycles. The largest absolute Gasteiger partial charge is 0.354 e. The van der Waals surface area contributed by atoms with Gasteiger partial charge in [-0.05, 0) is 68.3 Å². The molecule has 0 unspecified atom stereocenters. The van der Waals surface area contributed by atoms with Crippen LogP contribution in [0.5, 0.6) is 0 Å². The van der Waals surface area contributed by atoms with E-state index in [0.29, 0.717) is 30.9 Å². The highest BCUT2D eigenvalue weighted by atomic mass is 32.2. The van der Waals surface area contributed by atoms with Crippen molar-refractivity contribution in [1.82, 2.24) is 9.62 Å². The monoisotopic (exact) mass is 475 g/mol. The quantitative estimate of drug-likeness (QED) is 0.667. The highest BCUT2D eigenvalue weighted by Gasteiger charge is 2.45. The molecule has 2 aliphatic rings. The first-order valence-corrected chi connectivity index (χ1v) is 13.3. The summed E-state index contributed by atoms with van der Waals surface area (Å²) >= 11 is 1.64. The van der Waals surface area contributed by atoms with Crippen LogP contribution in [0, 0.1) is 0 Å². The highest BCUT2D eigenvalue weighted by molar-refractivity contribution is 7.89. The van der Waals surface area contributed by atoms with Crippen molar-refractivity contribution in [3.63, 3.8) is 0 Å². The number of sulfonamides is 1. The third-order valence-corrected chi connectivity index (χ3v) is 9.07. The van der Waals surface area contributed by atoms with Crippen LogP contribution in [-0.2, 0) is 31.4 Å². The fraction of sp³-hybridized carbons (Fsp3) is 0.478. The number of thiophene rings is 1. The topological polar surface area (TPSA) is 86.8 Å². The number of amides is 2. The first-order chi connectivity index (χ1) is 15.2. The van der Waals surface area contributed by atoms with Crippen LogP contribution in [0.1, 0.15) is 43.6 Å². The SMILES string of the molecule is CC1(C)C(=O)N(CC(=O)NCCc2cccs2)c2ccc(S(=O)(=O)N3CCCCC3)cc21. The van der Waals surface area contributed by atoms with Crippen LogP contribution in [0.25, 0.3) is 0 Å². The van der Waals surface area contributed by atoms with Crippen molar-refractivity contribution in [2.45, 2.75) is 49.8 Å². The minimum absolute atomic E-state index is 0.0854. The second-order valence-electron chi connectivity index (χ2n) is 8.84. The van der Waals surface area contributed by atoms with Crippen molar-refractivity contribution in [1.29, 1.82) is 0 Å². The van der Waals surface area contributed by atoms with Gasteiger partial charge in [-0.3, -0.25) is 9.59 Å². The van der Waals surface area contributed by atoms with Gasteiger partial charge >= 0.3 is 0 Å². The number of carbonyl (C=O) groups excluding carboxylic acids is 2. The Morgan fingerprint density at radius 1 is 1.16 bits per heavy atom. The minimum atomic E-state index is -3.60. The van der Waals surface area contributed by atoms with Crippen molar-refractivity contribution >= 4 is 38.9 Å². The van der Waals surface area contributed by atoms with Gasteiger partial charge in [0.2, 0.25) is 21.8 Å². The minimum Gasteiger partial charge on any atom is -0.354 e. The smallest absolute Gasteiger partial charge is 0.243 e. The molecule has 4 rings (SSSR count). The average molecular weight is 476 g/mol. The van der Waals surface area contributed by atoms with Crippen molar-refractivity contribution in [2.24, 2.45) is 0 Å². The lowest BCUT2D eigenvalue weighted by Gasteiger charge is -2.26. The zero-order valence-corrected chi connectivity index (χ0v) is 20.1. The lowest BCUT2D eigenvalue weighted by atomic mass is 9.86. The van der Waals surface area contributed by atoms with Gasteiger partial charge < -0.3 is 10.2 Å². The van der Waals surface area contributed by atoms with E-state index in [2.05, 4.69) is 5.32 Å². The lowest BCUT2D eigenvalue weighted by molar-refractivity contribution is -0.125. The summed E-state index contributed by atoms with van der Waals surface area (Å²) in [7, 11) is -3.60. The van der Waals surface area contributed by atoms with Gasteiger partial charge in [0, 0.05) is 30.2 Å². The lowest BCUT2D eigenvalue weighted by Crippen LogP contribution is -2.43. The van der Waals surface area contributed by atoms with Crippen LogP contribution in [0.15, 0.2) is 40.6 Å². The van der Waals surface area contributed by atoms with Crippen molar-refractivity contribution in [3.05, 3.63) is 46.2 Å². The second kappa shape index (κ2) is 8.96. The van der Waals surface area contributed by atoms with E-state index in [1.165, 1.54) is 14.1 Å². The van der Waals surface area contributed by atoms with Crippen LogP contribution in [0.4, 0.5) is 5.69 Å². The Labute approximate surface area is 193 Å². The highest BCUT2D eigenvalue weighted by Crippen LogP contribution is 2.42. The molecule has 0 atom stereocenters. The van der Waals surface area contributed by atoms with Crippen molar-refractivity contribution in [2.75, 3.05) is 31.1 Å². The number of benzene rings is 1. The molecule has 1 aromatic carbocycles. The predicted molar refractivity (Wildman–Crippen MR) is 125 cm³/mol.